The molecule has 0 aliphatic carbocycles. The molecule has 5 N–H and O–H groups in total. The van der Waals surface area contributed by atoms with E-state index in [9.17, 15) is 0 Å². The molecule has 0 atom stereocenters. The highest BCUT2D eigenvalue weighted by Gasteiger charge is 2.21. The number of nitrogens with one attached hydrogen (secondary N) is 4. The van der Waals surface area contributed by atoms with Crippen LogP contribution in [0.3, 0.4) is 0 Å². The van der Waals surface area contributed by atoms with Crippen molar-refractivity contribution in [3.63, 3.8) is 0 Å². The summed E-state index contributed by atoms with van der Waals surface area (Å²) < 4.78 is 0. The fourth-order valence-corrected chi connectivity index (χ4v) is 1.23. The molecule has 0 aromatic carbocycles. The summed E-state index contributed by atoms with van der Waals surface area (Å²) in [6.45, 7) is 1.68. The Bertz CT molecular complexity index is 108. The molecule has 0 heterocycles. The smallest absolute Gasteiger partial charge is 0.123 e. The minimum atomic E-state index is -0.220. The van der Waals surface area contributed by atoms with Crippen LogP contribution in [-0.2, 0) is 0 Å². The van der Waals surface area contributed by atoms with Gasteiger partial charge in [-0.3, -0.25) is 16.0 Å². The van der Waals surface area contributed by atoms with Gasteiger partial charge in [-0.2, -0.15) is 0 Å². The zero-order valence-electron chi connectivity index (χ0n) is 8.78. The fraction of sp³-hybridized carbons (Fsp3) is 1.00. The van der Waals surface area contributed by atoms with Crippen LogP contribution < -0.4 is 21.3 Å². The maximum absolute atomic E-state index is 8.56. The van der Waals surface area contributed by atoms with Crippen molar-refractivity contribution in [3.8, 4) is 0 Å². The first-order chi connectivity index (χ1) is 6.24. The highest BCUT2D eigenvalue weighted by atomic mass is 16.3. The molecule has 0 amide bonds. The van der Waals surface area contributed by atoms with Crippen molar-refractivity contribution < 1.29 is 5.11 Å². The van der Waals surface area contributed by atoms with Crippen LogP contribution in [0, 0.1) is 0 Å². The van der Waals surface area contributed by atoms with Gasteiger partial charge in [-0.05, 0) is 27.7 Å². The van der Waals surface area contributed by atoms with Crippen molar-refractivity contribution >= 4 is 0 Å². The average molecular weight is 190 g/mol. The van der Waals surface area contributed by atoms with Gasteiger partial charge in [-0.25, -0.2) is 0 Å². The molecule has 0 fully saturated rings. The lowest BCUT2D eigenvalue weighted by Crippen LogP contribution is -2.64. The minimum Gasteiger partial charge on any atom is -0.395 e. The Labute approximate surface area is 80.3 Å². The summed E-state index contributed by atoms with van der Waals surface area (Å²) in [4.78, 5) is 0. The molecule has 5 heteroatoms. The van der Waals surface area contributed by atoms with Gasteiger partial charge in [0, 0.05) is 13.0 Å². The van der Waals surface area contributed by atoms with Gasteiger partial charge in [-0.15, -0.1) is 0 Å². The summed E-state index contributed by atoms with van der Waals surface area (Å²) in [5.74, 6) is -0.220. The number of hydrogen-bond acceptors (Lipinski definition) is 5. The van der Waals surface area contributed by atoms with Crippen LogP contribution in [0.5, 0.6) is 0 Å². The Morgan fingerprint density at radius 3 is 1.92 bits per heavy atom. The lowest BCUT2D eigenvalue weighted by Gasteiger charge is -2.33. The topological polar surface area (TPSA) is 68.3 Å². The normalized spacial score (nSPS) is 12.0. The van der Waals surface area contributed by atoms with Crippen molar-refractivity contribution in [1.29, 1.82) is 0 Å². The van der Waals surface area contributed by atoms with E-state index in [1.807, 2.05) is 21.1 Å². The van der Waals surface area contributed by atoms with Crippen molar-refractivity contribution in [2.75, 3.05) is 40.8 Å². The molecule has 0 aromatic heterocycles. The Hall–Kier alpha value is -0.200. The van der Waals surface area contributed by atoms with Crippen LogP contribution in [0.25, 0.3) is 0 Å². The Morgan fingerprint density at radius 2 is 1.54 bits per heavy atom. The van der Waals surface area contributed by atoms with E-state index < -0.39 is 0 Å². The molecule has 0 spiro atoms. The Morgan fingerprint density at radius 1 is 1.00 bits per heavy atom. The molecule has 0 unspecified atom stereocenters. The van der Waals surface area contributed by atoms with Crippen molar-refractivity contribution in [1.82, 2.24) is 21.3 Å². The summed E-state index contributed by atoms with van der Waals surface area (Å²) in [6.07, 6.45) is 0.899. The molecule has 0 saturated heterocycles. The van der Waals surface area contributed by atoms with Crippen molar-refractivity contribution in [3.05, 3.63) is 0 Å². The molecule has 0 rings (SSSR count). The lowest BCUT2D eigenvalue weighted by molar-refractivity contribution is 0.221. The predicted octanol–water partition coefficient (Wildman–Crippen LogP) is -1.73. The molecular weight excluding hydrogens is 168 g/mol. The highest BCUT2D eigenvalue weighted by Crippen LogP contribution is 1.97. The second-order valence-electron chi connectivity index (χ2n) is 2.88. The van der Waals surface area contributed by atoms with E-state index in [0.29, 0.717) is 6.54 Å². The van der Waals surface area contributed by atoms with E-state index >= 15 is 0 Å². The van der Waals surface area contributed by atoms with E-state index in [1.165, 1.54) is 0 Å². The number of aliphatic hydroxyl groups excluding tert-OH is 1. The second-order valence-corrected chi connectivity index (χ2v) is 2.88. The first kappa shape index (κ1) is 12.8. The van der Waals surface area contributed by atoms with E-state index in [1.54, 1.807) is 0 Å². The maximum atomic E-state index is 8.56. The third kappa shape index (κ3) is 4.54. The van der Waals surface area contributed by atoms with E-state index in [4.69, 9.17) is 5.11 Å². The summed E-state index contributed by atoms with van der Waals surface area (Å²) in [5, 5.41) is 21.2. The van der Waals surface area contributed by atoms with Gasteiger partial charge >= 0.3 is 0 Å². The van der Waals surface area contributed by atoms with Crippen LogP contribution in [0.1, 0.15) is 6.42 Å². The maximum Gasteiger partial charge on any atom is 0.123 e. The van der Waals surface area contributed by atoms with Crippen LogP contribution in [0.4, 0.5) is 0 Å². The van der Waals surface area contributed by atoms with Gasteiger partial charge < -0.3 is 10.4 Å². The van der Waals surface area contributed by atoms with Gasteiger partial charge in [0.2, 0.25) is 0 Å². The number of aliphatic hydroxyl groups is 1. The molecule has 0 radical (unpaired) electrons. The number of rotatable bonds is 8. The number of hydrogen-bond donors (Lipinski definition) is 5. The largest absolute Gasteiger partial charge is 0.395 e. The van der Waals surface area contributed by atoms with Crippen LogP contribution in [0.15, 0.2) is 0 Å². The molecular formula is C8H22N4O. The molecule has 80 valence electrons. The Balaban J connectivity index is 3.68. The third-order valence-electron chi connectivity index (χ3n) is 2.25. The van der Waals surface area contributed by atoms with Crippen LogP contribution >= 0.6 is 0 Å². The molecule has 0 saturated carbocycles. The third-order valence-corrected chi connectivity index (χ3v) is 2.25. The van der Waals surface area contributed by atoms with Crippen LogP contribution in [0.2, 0.25) is 0 Å². The quantitative estimate of drug-likeness (QED) is 0.232. The van der Waals surface area contributed by atoms with Gasteiger partial charge in [0.15, 0.2) is 0 Å². The van der Waals surface area contributed by atoms with Gasteiger partial charge in [0.05, 0.1) is 6.61 Å². The Kier molecular flexibility index (Phi) is 7.12. The molecule has 0 bridgehead atoms. The molecule has 0 aliphatic rings. The van der Waals surface area contributed by atoms with Crippen LogP contribution in [-0.4, -0.2) is 51.7 Å². The summed E-state index contributed by atoms with van der Waals surface area (Å²) in [7, 11) is 5.71. The van der Waals surface area contributed by atoms with E-state index in [-0.39, 0.29) is 12.4 Å². The minimum absolute atomic E-state index is 0.186. The summed E-state index contributed by atoms with van der Waals surface area (Å²) in [5.41, 5.74) is 0. The lowest BCUT2D eigenvalue weighted by atomic mass is 10.2. The van der Waals surface area contributed by atoms with E-state index in [0.717, 1.165) is 13.0 Å². The summed E-state index contributed by atoms with van der Waals surface area (Å²) in [6, 6.07) is 0. The molecule has 0 aliphatic heterocycles. The van der Waals surface area contributed by atoms with Gasteiger partial charge in [0.25, 0.3) is 0 Å². The second kappa shape index (κ2) is 7.23. The zero-order valence-corrected chi connectivity index (χ0v) is 8.78. The standard InChI is InChI=1S/C8H22N4O/c1-9-8(10-2,11-3)4-5-12-6-7-13/h9-13H,4-7H2,1-3H3. The van der Waals surface area contributed by atoms with Gasteiger partial charge in [0.1, 0.15) is 5.79 Å². The first-order valence-electron chi connectivity index (χ1n) is 4.63. The van der Waals surface area contributed by atoms with E-state index in [2.05, 4.69) is 21.3 Å². The monoisotopic (exact) mass is 190 g/mol. The van der Waals surface area contributed by atoms with Crippen molar-refractivity contribution in [2.24, 2.45) is 0 Å². The zero-order chi connectivity index (χ0) is 10.2. The van der Waals surface area contributed by atoms with Gasteiger partial charge in [-0.1, -0.05) is 0 Å². The SMILES string of the molecule is CNC(CCNCCO)(NC)NC. The predicted molar refractivity (Wildman–Crippen MR) is 54.5 cm³/mol. The highest BCUT2D eigenvalue weighted by molar-refractivity contribution is 4.78. The molecule has 5 nitrogen and oxygen atoms in total. The average Bonchev–Trinajstić information content (AvgIpc) is 2.20. The first-order valence-corrected chi connectivity index (χ1v) is 4.63. The molecule has 13 heavy (non-hydrogen) atoms. The fourth-order valence-electron chi connectivity index (χ4n) is 1.23. The van der Waals surface area contributed by atoms with Crippen molar-refractivity contribution in [2.45, 2.75) is 12.2 Å². The summed E-state index contributed by atoms with van der Waals surface area (Å²) >= 11 is 0. The molecule has 0 aromatic rings.